The van der Waals surface area contributed by atoms with E-state index in [0.29, 0.717) is 6.04 Å². The quantitative estimate of drug-likeness (QED) is 0.316. The number of hydrogen-bond acceptors (Lipinski definition) is 5. The van der Waals surface area contributed by atoms with E-state index >= 15 is 0 Å². The van der Waals surface area contributed by atoms with Gasteiger partial charge in [0.1, 0.15) is 0 Å². The van der Waals surface area contributed by atoms with E-state index < -0.39 is 5.97 Å². The molecule has 0 rings (SSSR count). The minimum absolute atomic E-state index is 0.642. The van der Waals surface area contributed by atoms with Crippen LogP contribution in [-0.4, -0.2) is 46.4 Å². The Balaban J connectivity index is 3.49. The van der Waals surface area contributed by atoms with Crippen molar-refractivity contribution in [2.45, 2.75) is 83.1 Å². The number of nitrogens with two attached hydrogens (primary N) is 1. The first-order chi connectivity index (χ1) is 11.2. The zero-order valence-corrected chi connectivity index (χ0v) is 15.9. The molecule has 3 N–H and O–H groups in total. The Morgan fingerprint density at radius 3 is 1.87 bits per heavy atom. The van der Waals surface area contributed by atoms with Crippen molar-refractivity contribution < 1.29 is 14.2 Å². The summed E-state index contributed by atoms with van der Waals surface area (Å²) in [6.07, 6.45) is 12.1. The summed E-state index contributed by atoms with van der Waals surface area (Å²) in [6, 6.07) is 0.642. The monoisotopic (exact) mass is 332 g/mol. The van der Waals surface area contributed by atoms with E-state index in [1.165, 1.54) is 51.4 Å². The molecule has 1 unspecified atom stereocenters. The summed E-state index contributed by atoms with van der Waals surface area (Å²) >= 11 is 0. The third kappa shape index (κ3) is 11.1. The van der Waals surface area contributed by atoms with E-state index in [4.69, 9.17) is 19.9 Å². The van der Waals surface area contributed by atoms with Crippen LogP contribution in [0.1, 0.15) is 71.1 Å². The van der Waals surface area contributed by atoms with Crippen LogP contribution in [0.15, 0.2) is 0 Å². The van der Waals surface area contributed by atoms with E-state index in [-0.39, 0.29) is 0 Å². The Hall–Kier alpha value is -0.200. The van der Waals surface area contributed by atoms with Crippen LogP contribution in [0.25, 0.3) is 0 Å². The summed E-state index contributed by atoms with van der Waals surface area (Å²) in [5, 5.41) is 3.51. The second kappa shape index (κ2) is 15.3. The first kappa shape index (κ1) is 22.8. The molecule has 0 saturated carbocycles. The van der Waals surface area contributed by atoms with Crippen LogP contribution in [0.5, 0.6) is 0 Å². The maximum absolute atomic E-state index is 5.53. The van der Waals surface area contributed by atoms with Gasteiger partial charge in [-0.2, -0.15) is 0 Å². The summed E-state index contributed by atoms with van der Waals surface area (Å²) in [5.41, 5.74) is 5.53. The van der Waals surface area contributed by atoms with Crippen molar-refractivity contribution in [1.82, 2.24) is 5.32 Å². The summed E-state index contributed by atoms with van der Waals surface area (Å²) in [5.74, 6) is -0.855. The van der Waals surface area contributed by atoms with Crippen LogP contribution in [0, 0.1) is 0 Å². The zero-order chi connectivity index (χ0) is 17.4. The highest BCUT2D eigenvalue weighted by Crippen LogP contribution is 2.21. The molecule has 0 aromatic carbocycles. The fourth-order valence-corrected chi connectivity index (χ4v) is 2.91. The van der Waals surface area contributed by atoms with Gasteiger partial charge in [0.25, 0.3) is 5.97 Å². The molecule has 0 aliphatic rings. The van der Waals surface area contributed by atoms with Crippen molar-refractivity contribution in [2.24, 2.45) is 5.73 Å². The molecule has 23 heavy (non-hydrogen) atoms. The number of nitrogens with one attached hydrogen (secondary N) is 1. The van der Waals surface area contributed by atoms with Crippen LogP contribution in [-0.2, 0) is 14.2 Å². The summed E-state index contributed by atoms with van der Waals surface area (Å²) < 4.78 is 15.9. The maximum atomic E-state index is 5.53. The highest BCUT2D eigenvalue weighted by Gasteiger charge is 2.28. The van der Waals surface area contributed by atoms with Gasteiger partial charge in [-0.3, -0.25) is 0 Å². The predicted octanol–water partition coefficient (Wildman–Crippen LogP) is 3.42. The Kier molecular flexibility index (Phi) is 15.2. The number of rotatable bonds is 17. The number of unbranched alkanes of at least 4 members (excludes halogenated alkanes) is 6. The lowest BCUT2D eigenvalue weighted by atomic mass is 10.0. The molecule has 0 saturated heterocycles. The molecule has 0 radical (unpaired) electrons. The zero-order valence-electron chi connectivity index (χ0n) is 15.9. The van der Waals surface area contributed by atoms with Gasteiger partial charge in [-0.25, -0.2) is 0 Å². The highest BCUT2D eigenvalue weighted by atomic mass is 16.9. The van der Waals surface area contributed by atoms with Crippen molar-refractivity contribution in [1.29, 1.82) is 0 Å². The van der Waals surface area contributed by atoms with Crippen LogP contribution in [0.4, 0.5) is 0 Å². The van der Waals surface area contributed by atoms with Crippen molar-refractivity contribution in [2.75, 3.05) is 34.4 Å². The van der Waals surface area contributed by atoms with Gasteiger partial charge < -0.3 is 25.3 Å². The molecule has 0 aliphatic carbocycles. The number of ether oxygens (including phenoxy) is 3. The van der Waals surface area contributed by atoms with E-state index in [1.54, 1.807) is 21.3 Å². The van der Waals surface area contributed by atoms with E-state index in [2.05, 4.69) is 12.2 Å². The topological polar surface area (TPSA) is 65.7 Å². The first-order valence-corrected chi connectivity index (χ1v) is 9.26. The van der Waals surface area contributed by atoms with Crippen LogP contribution < -0.4 is 11.1 Å². The van der Waals surface area contributed by atoms with E-state index in [1.807, 2.05) is 0 Å². The molecule has 0 aromatic rings. The van der Waals surface area contributed by atoms with Gasteiger partial charge in [0.05, 0.1) is 0 Å². The van der Waals surface area contributed by atoms with Crippen molar-refractivity contribution in [3.05, 3.63) is 0 Å². The normalized spacial score (nSPS) is 13.4. The van der Waals surface area contributed by atoms with Crippen molar-refractivity contribution >= 4 is 0 Å². The van der Waals surface area contributed by atoms with Gasteiger partial charge in [0.2, 0.25) is 0 Å². The Morgan fingerprint density at radius 2 is 1.39 bits per heavy atom. The predicted molar refractivity (Wildman–Crippen MR) is 96.4 cm³/mol. The standard InChI is InChI=1S/C18H40N2O3/c1-5-17(20-16-15-19)13-11-9-7-6-8-10-12-14-18(21-2,22-3)23-4/h17,20H,5-16,19H2,1-4H3. The average Bonchev–Trinajstić information content (AvgIpc) is 2.60. The van der Waals surface area contributed by atoms with E-state index in [0.717, 1.165) is 25.9 Å². The van der Waals surface area contributed by atoms with Crippen LogP contribution in [0.3, 0.4) is 0 Å². The van der Waals surface area contributed by atoms with Gasteiger partial charge >= 0.3 is 0 Å². The highest BCUT2D eigenvalue weighted by molar-refractivity contribution is 4.65. The maximum Gasteiger partial charge on any atom is 0.282 e. The Morgan fingerprint density at radius 1 is 0.870 bits per heavy atom. The SMILES string of the molecule is CCC(CCCCCCCCCC(OC)(OC)OC)NCCN. The summed E-state index contributed by atoms with van der Waals surface area (Å²) in [7, 11) is 4.87. The number of hydrogen-bond donors (Lipinski definition) is 2. The first-order valence-electron chi connectivity index (χ1n) is 9.26. The van der Waals surface area contributed by atoms with Crippen LogP contribution >= 0.6 is 0 Å². The Bertz CT molecular complexity index is 240. The fourth-order valence-electron chi connectivity index (χ4n) is 2.91. The molecule has 0 spiro atoms. The molecule has 0 fully saturated rings. The lowest BCUT2D eigenvalue weighted by molar-refractivity contribution is -0.355. The van der Waals surface area contributed by atoms with Gasteiger partial charge in [-0.15, -0.1) is 0 Å². The molecule has 0 heterocycles. The average molecular weight is 333 g/mol. The molecule has 140 valence electrons. The summed E-state index contributed by atoms with van der Waals surface area (Å²) in [4.78, 5) is 0. The third-order valence-corrected chi connectivity index (χ3v) is 4.54. The molecule has 0 bridgehead atoms. The van der Waals surface area contributed by atoms with Gasteiger partial charge in [0.15, 0.2) is 0 Å². The third-order valence-electron chi connectivity index (χ3n) is 4.54. The smallest absolute Gasteiger partial charge is 0.282 e. The molecule has 5 nitrogen and oxygen atoms in total. The van der Waals surface area contributed by atoms with Gasteiger partial charge in [-0.05, 0) is 19.3 Å². The Labute approximate surface area is 143 Å². The molecule has 0 aliphatic heterocycles. The lowest BCUT2D eigenvalue weighted by Gasteiger charge is -2.28. The molecular weight excluding hydrogens is 292 g/mol. The van der Waals surface area contributed by atoms with E-state index in [9.17, 15) is 0 Å². The second-order valence-corrected chi connectivity index (χ2v) is 6.16. The van der Waals surface area contributed by atoms with Gasteiger partial charge in [-0.1, -0.05) is 45.4 Å². The fraction of sp³-hybridized carbons (Fsp3) is 1.00. The number of methoxy groups -OCH3 is 3. The van der Waals surface area contributed by atoms with Crippen molar-refractivity contribution in [3.63, 3.8) is 0 Å². The minimum atomic E-state index is -0.855. The van der Waals surface area contributed by atoms with Gasteiger partial charge in [0, 0.05) is 46.9 Å². The van der Waals surface area contributed by atoms with Crippen molar-refractivity contribution in [3.8, 4) is 0 Å². The second-order valence-electron chi connectivity index (χ2n) is 6.16. The summed E-state index contributed by atoms with van der Waals surface area (Å²) in [6.45, 7) is 3.91. The molecule has 5 heteroatoms. The molecule has 0 aromatic heterocycles. The molecule has 1 atom stereocenters. The minimum Gasteiger partial charge on any atom is -0.331 e. The lowest BCUT2D eigenvalue weighted by Crippen LogP contribution is -2.35. The largest absolute Gasteiger partial charge is 0.331 e. The molecular formula is C18H40N2O3. The van der Waals surface area contributed by atoms with Crippen LogP contribution in [0.2, 0.25) is 0 Å². The molecule has 0 amide bonds.